The molecule has 1 amide bonds. The second-order valence-corrected chi connectivity index (χ2v) is 27.9. The molecule has 85 heavy (non-hydrogen) atoms. The molecule has 3 atom stereocenters. The van der Waals surface area contributed by atoms with Gasteiger partial charge in [0.1, 0.15) is 19.3 Å². The number of unbranched alkanes of at least 4 members (excludes halogenated alkanes) is 46. The first-order valence-corrected chi connectivity index (χ1v) is 38.5. The number of amides is 1. The highest BCUT2D eigenvalue weighted by atomic mass is 31.2. The molecule has 10 heteroatoms. The van der Waals surface area contributed by atoms with Crippen LogP contribution in [-0.2, 0) is 27.9 Å². The summed E-state index contributed by atoms with van der Waals surface area (Å²) in [6.45, 7) is 7.03. The predicted molar refractivity (Wildman–Crippen MR) is 369 cm³/mol. The zero-order valence-electron chi connectivity index (χ0n) is 57.4. The maximum Gasteiger partial charge on any atom is 0.472 e. The summed E-state index contributed by atoms with van der Waals surface area (Å²) >= 11 is 0. The third kappa shape index (κ3) is 66.2. The molecule has 9 nitrogen and oxygen atoms in total. The lowest BCUT2D eigenvalue weighted by Gasteiger charge is -2.27. The van der Waals surface area contributed by atoms with E-state index in [4.69, 9.17) is 13.8 Å². The standard InChI is InChI=1S/C75H143N2O7P/c1-7-10-13-16-19-22-25-27-29-31-33-35-37-38-40-41-43-45-47-49-52-55-58-61-64-67-74(78)76-72(71-83-85(80,81)82-70-69-77(4,5)6)73(66-63-60-57-54-51-24-21-18-15-12-9-3)84-75(79)68-65-62-59-56-53-50-48-46-44-42-39-36-34-32-30-28-26-23-20-17-14-11-8-2/h20,23,27-30,63,66,72-73H,7-19,21-22,24-26,31-62,64-65,67-71H2,1-6H3,(H-,76,78,80,81)/p+1/b23-20-,29-27+,30-28-,66-63+. The number of rotatable bonds is 68. The molecule has 0 aliphatic heterocycles. The minimum absolute atomic E-state index is 0.0419. The van der Waals surface area contributed by atoms with E-state index in [0.29, 0.717) is 23.9 Å². The highest BCUT2D eigenvalue weighted by Crippen LogP contribution is 2.43. The predicted octanol–water partition coefficient (Wildman–Crippen LogP) is 23.6. The Balaban J connectivity index is 4.95. The Morgan fingerprint density at radius 2 is 0.718 bits per heavy atom. The van der Waals surface area contributed by atoms with Crippen molar-refractivity contribution < 1.29 is 37.3 Å². The monoisotopic (exact) mass is 1220 g/mol. The number of carbonyl (C=O) groups is 2. The molecule has 3 unspecified atom stereocenters. The molecule has 0 aliphatic carbocycles. The van der Waals surface area contributed by atoms with Crippen molar-refractivity contribution in [2.24, 2.45) is 0 Å². The van der Waals surface area contributed by atoms with Gasteiger partial charge in [0, 0.05) is 12.8 Å². The largest absolute Gasteiger partial charge is 0.472 e. The SMILES string of the molecule is CCCCC/C=C\C/C=C\CCCCCCCCCCCCCCCC(=O)OC(/C=C/CCCCCCCCCCC)C(COP(=O)(O)OCC[N+](C)(C)C)NC(=O)CCCCCCCCCCCCCCCCC/C=C/CCCCCCCC. The molecule has 0 aromatic carbocycles. The Hall–Kier alpha value is -2.03. The highest BCUT2D eigenvalue weighted by molar-refractivity contribution is 7.47. The first-order chi connectivity index (χ1) is 41.4. The smallest absolute Gasteiger partial charge is 0.456 e. The molecular weight excluding hydrogens is 1070 g/mol. The number of phosphoric acid groups is 1. The van der Waals surface area contributed by atoms with Gasteiger partial charge in [-0.1, -0.05) is 314 Å². The van der Waals surface area contributed by atoms with Gasteiger partial charge in [0.15, 0.2) is 0 Å². The fourth-order valence-corrected chi connectivity index (χ4v) is 11.8. The van der Waals surface area contributed by atoms with Crippen LogP contribution in [0.3, 0.4) is 0 Å². The zero-order valence-corrected chi connectivity index (χ0v) is 58.3. The number of carbonyl (C=O) groups excluding carboxylic acids is 2. The van der Waals surface area contributed by atoms with Crippen LogP contribution in [0.2, 0.25) is 0 Å². The second-order valence-electron chi connectivity index (χ2n) is 26.5. The van der Waals surface area contributed by atoms with Gasteiger partial charge >= 0.3 is 13.8 Å². The molecule has 0 aromatic heterocycles. The molecule has 0 bridgehead atoms. The van der Waals surface area contributed by atoms with Crippen molar-refractivity contribution >= 4 is 19.7 Å². The zero-order chi connectivity index (χ0) is 62.1. The van der Waals surface area contributed by atoms with Gasteiger partial charge in [-0.15, -0.1) is 0 Å². The van der Waals surface area contributed by atoms with E-state index in [-0.39, 0.29) is 25.1 Å². The fourth-order valence-electron chi connectivity index (χ4n) is 11.0. The fraction of sp³-hybridized carbons (Fsp3) is 0.867. The molecule has 0 spiro atoms. The molecule has 0 radical (unpaired) electrons. The van der Waals surface area contributed by atoms with Gasteiger partial charge in [-0.25, -0.2) is 4.57 Å². The number of quaternary nitrogens is 1. The molecule has 0 heterocycles. The van der Waals surface area contributed by atoms with E-state index in [1.54, 1.807) is 0 Å². The number of likely N-dealkylation sites (N-methyl/N-ethyl adjacent to an activating group) is 1. The Bertz CT molecular complexity index is 1590. The van der Waals surface area contributed by atoms with E-state index < -0.39 is 20.0 Å². The average Bonchev–Trinajstić information content (AvgIpc) is 3.62. The van der Waals surface area contributed by atoms with Gasteiger partial charge in [-0.3, -0.25) is 18.6 Å². The lowest BCUT2D eigenvalue weighted by Crippen LogP contribution is -2.47. The summed E-state index contributed by atoms with van der Waals surface area (Å²) in [6.07, 6.45) is 82.8. The highest BCUT2D eigenvalue weighted by Gasteiger charge is 2.30. The number of hydrogen-bond acceptors (Lipinski definition) is 6. The van der Waals surface area contributed by atoms with E-state index in [0.717, 1.165) is 64.2 Å². The van der Waals surface area contributed by atoms with Gasteiger partial charge < -0.3 is 19.4 Å². The van der Waals surface area contributed by atoms with Crippen molar-refractivity contribution in [3.63, 3.8) is 0 Å². The topological polar surface area (TPSA) is 111 Å². The van der Waals surface area contributed by atoms with Crippen LogP contribution >= 0.6 is 7.82 Å². The number of hydrogen-bond donors (Lipinski definition) is 2. The maximum absolute atomic E-state index is 13.6. The number of nitrogens with zero attached hydrogens (tertiary/aromatic N) is 1. The van der Waals surface area contributed by atoms with Crippen LogP contribution in [0.4, 0.5) is 0 Å². The van der Waals surface area contributed by atoms with Crippen molar-refractivity contribution in [3.8, 4) is 0 Å². The number of phosphoric ester groups is 1. The van der Waals surface area contributed by atoms with E-state index in [2.05, 4.69) is 62.5 Å². The van der Waals surface area contributed by atoms with Gasteiger partial charge in [0.2, 0.25) is 5.91 Å². The summed E-state index contributed by atoms with van der Waals surface area (Å²) in [4.78, 5) is 37.9. The minimum atomic E-state index is -4.45. The third-order valence-electron chi connectivity index (χ3n) is 16.7. The second kappa shape index (κ2) is 64.9. The lowest BCUT2D eigenvalue weighted by atomic mass is 10.0. The Kier molecular flexibility index (Phi) is 63.4. The maximum atomic E-state index is 13.6. The first-order valence-electron chi connectivity index (χ1n) is 37.0. The van der Waals surface area contributed by atoms with Crippen molar-refractivity contribution in [3.05, 3.63) is 48.6 Å². The lowest BCUT2D eigenvalue weighted by molar-refractivity contribution is -0.870. The quantitative estimate of drug-likeness (QED) is 0.0205. The van der Waals surface area contributed by atoms with E-state index in [1.807, 2.05) is 33.3 Å². The van der Waals surface area contributed by atoms with Crippen LogP contribution in [-0.4, -0.2) is 74.3 Å². The number of nitrogens with one attached hydrogen (secondary N) is 1. The van der Waals surface area contributed by atoms with E-state index in [1.165, 1.54) is 270 Å². The molecule has 0 fully saturated rings. The summed E-state index contributed by atoms with van der Waals surface area (Å²) in [7, 11) is 1.51. The summed E-state index contributed by atoms with van der Waals surface area (Å²) < 4.78 is 30.8. The number of ether oxygens (including phenoxy) is 1. The molecule has 2 N–H and O–H groups in total. The van der Waals surface area contributed by atoms with Crippen LogP contribution in [0.1, 0.15) is 367 Å². The van der Waals surface area contributed by atoms with Crippen molar-refractivity contribution in [2.75, 3.05) is 40.9 Å². The van der Waals surface area contributed by atoms with Gasteiger partial charge in [0.25, 0.3) is 0 Å². The van der Waals surface area contributed by atoms with Gasteiger partial charge in [-0.05, 0) is 89.5 Å². The molecule has 0 aliphatic rings. The first kappa shape index (κ1) is 83.0. The molecule has 0 rings (SSSR count). The number of esters is 1. The van der Waals surface area contributed by atoms with E-state index >= 15 is 0 Å². The molecule has 500 valence electrons. The van der Waals surface area contributed by atoms with Gasteiger partial charge in [-0.2, -0.15) is 0 Å². The molecule has 0 saturated heterocycles. The minimum Gasteiger partial charge on any atom is -0.456 e. The summed E-state index contributed by atoms with van der Waals surface area (Å²) in [5, 5.41) is 3.08. The van der Waals surface area contributed by atoms with Gasteiger partial charge in [0.05, 0.1) is 33.8 Å². The average molecular weight is 1220 g/mol. The summed E-state index contributed by atoms with van der Waals surface area (Å²) in [5.74, 6) is -0.489. The normalized spacial score (nSPS) is 13.7. The summed E-state index contributed by atoms with van der Waals surface area (Å²) in [6, 6.07) is -0.847. The van der Waals surface area contributed by atoms with Crippen LogP contribution in [0.15, 0.2) is 48.6 Å². The van der Waals surface area contributed by atoms with Crippen molar-refractivity contribution in [2.45, 2.75) is 380 Å². The van der Waals surface area contributed by atoms with Crippen LogP contribution in [0.25, 0.3) is 0 Å². The van der Waals surface area contributed by atoms with Crippen molar-refractivity contribution in [1.82, 2.24) is 5.32 Å². The molecular formula is C75H144N2O7P+. The molecule has 0 saturated carbocycles. The van der Waals surface area contributed by atoms with Crippen LogP contribution in [0.5, 0.6) is 0 Å². The number of allylic oxidation sites excluding steroid dienone is 7. The van der Waals surface area contributed by atoms with Crippen molar-refractivity contribution in [1.29, 1.82) is 0 Å². The van der Waals surface area contributed by atoms with E-state index in [9.17, 15) is 19.0 Å². The Morgan fingerprint density at radius 3 is 1.09 bits per heavy atom. The summed E-state index contributed by atoms with van der Waals surface area (Å²) in [5.41, 5.74) is 0. The third-order valence-corrected chi connectivity index (χ3v) is 17.7. The van der Waals surface area contributed by atoms with Crippen LogP contribution in [0, 0.1) is 0 Å². The van der Waals surface area contributed by atoms with Crippen LogP contribution < -0.4 is 5.32 Å². The Morgan fingerprint density at radius 1 is 0.412 bits per heavy atom. The molecule has 0 aromatic rings. The Labute approximate surface area is 529 Å².